The largest absolute Gasteiger partial charge is 0.573 e. The average Bonchev–Trinajstić information content (AvgIpc) is 3.05. The number of halogens is 3. The summed E-state index contributed by atoms with van der Waals surface area (Å²) in [6.45, 7) is 3.83. The minimum Gasteiger partial charge on any atom is -0.406 e. The van der Waals surface area contributed by atoms with E-state index in [9.17, 15) is 22.8 Å². The smallest absolute Gasteiger partial charge is 0.406 e. The van der Waals surface area contributed by atoms with Crippen LogP contribution in [0.25, 0.3) is 0 Å². The molecule has 0 radical (unpaired) electrons. The number of carbonyl (C=O) groups excluding carboxylic acids is 2. The number of anilines is 3. The monoisotopic (exact) mass is 407 g/mol. The first-order chi connectivity index (χ1) is 13.6. The third kappa shape index (κ3) is 5.18. The molecule has 0 unspecified atom stereocenters. The van der Waals surface area contributed by atoms with Gasteiger partial charge in [0.2, 0.25) is 11.8 Å². The van der Waals surface area contributed by atoms with Crippen LogP contribution in [0.1, 0.15) is 19.4 Å². The van der Waals surface area contributed by atoms with Crippen molar-refractivity contribution in [3.8, 4) is 5.75 Å². The summed E-state index contributed by atoms with van der Waals surface area (Å²) < 4.78 is 40.4. The average molecular weight is 407 g/mol. The first-order valence-electron chi connectivity index (χ1n) is 8.96. The second-order valence-corrected chi connectivity index (χ2v) is 6.69. The minimum absolute atomic E-state index is 0.0103. The molecule has 0 bridgehead atoms. The van der Waals surface area contributed by atoms with E-state index in [0.29, 0.717) is 12.2 Å². The Morgan fingerprint density at radius 2 is 1.76 bits per heavy atom. The molecule has 2 aromatic rings. The second-order valence-electron chi connectivity index (χ2n) is 6.69. The number of alkyl halides is 3. The molecular weight excluding hydrogens is 387 g/mol. The van der Waals surface area contributed by atoms with Gasteiger partial charge in [0.15, 0.2) is 0 Å². The Labute approximate surface area is 165 Å². The lowest BCUT2D eigenvalue weighted by molar-refractivity contribution is -0.274. The molecule has 6 nitrogen and oxygen atoms in total. The van der Waals surface area contributed by atoms with E-state index in [0.717, 1.165) is 35.5 Å². The maximum Gasteiger partial charge on any atom is 0.573 e. The summed E-state index contributed by atoms with van der Waals surface area (Å²) in [5.41, 5.74) is 2.99. The third-order valence-electron chi connectivity index (χ3n) is 4.49. The lowest BCUT2D eigenvalue weighted by atomic mass is 10.1. The topological polar surface area (TPSA) is 70.7 Å². The van der Waals surface area contributed by atoms with Crippen LogP contribution < -0.4 is 20.3 Å². The number of hydrogen-bond acceptors (Lipinski definition) is 4. The molecule has 1 aliphatic heterocycles. The van der Waals surface area contributed by atoms with E-state index in [1.807, 2.05) is 12.1 Å². The van der Waals surface area contributed by atoms with Gasteiger partial charge >= 0.3 is 6.36 Å². The zero-order valence-corrected chi connectivity index (χ0v) is 15.8. The van der Waals surface area contributed by atoms with Crippen LogP contribution in [-0.4, -0.2) is 30.8 Å². The molecule has 0 saturated carbocycles. The van der Waals surface area contributed by atoms with Crippen LogP contribution >= 0.6 is 0 Å². The van der Waals surface area contributed by atoms with E-state index in [-0.39, 0.29) is 17.6 Å². The molecule has 0 saturated heterocycles. The molecule has 1 atom stereocenters. The van der Waals surface area contributed by atoms with Crippen molar-refractivity contribution in [2.45, 2.75) is 32.7 Å². The Bertz CT molecular complexity index is 913. The molecule has 3 rings (SSSR count). The lowest BCUT2D eigenvalue weighted by Gasteiger charge is -2.18. The lowest BCUT2D eigenvalue weighted by Crippen LogP contribution is -2.31. The highest BCUT2D eigenvalue weighted by atomic mass is 19.4. The molecule has 0 aliphatic carbocycles. The molecule has 1 aliphatic rings. The van der Waals surface area contributed by atoms with Crippen LogP contribution in [-0.2, 0) is 16.0 Å². The van der Waals surface area contributed by atoms with E-state index in [4.69, 9.17) is 0 Å². The zero-order valence-electron chi connectivity index (χ0n) is 15.8. The molecule has 0 spiro atoms. The van der Waals surface area contributed by atoms with E-state index in [2.05, 4.69) is 15.4 Å². The summed E-state index contributed by atoms with van der Waals surface area (Å²) in [6.07, 6.45) is -4.02. The van der Waals surface area contributed by atoms with Gasteiger partial charge in [-0.2, -0.15) is 0 Å². The highest BCUT2D eigenvalue weighted by molar-refractivity contribution is 5.97. The summed E-state index contributed by atoms with van der Waals surface area (Å²) in [5.74, 6) is -0.719. The van der Waals surface area contributed by atoms with Crippen LogP contribution in [0.15, 0.2) is 42.5 Å². The molecule has 9 heteroatoms. The summed E-state index contributed by atoms with van der Waals surface area (Å²) in [5, 5.41) is 5.72. The van der Waals surface area contributed by atoms with Gasteiger partial charge in [-0.25, -0.2) is 0 Å². The van der Waals surface area contributed by atoms with Gasteiger partial charge in [0.25, 0.3) is 0 Å². The van der Waals surface area contributed by atoms with Crippen molar-refractivity contribution in [1.82, 2.24) is 0 Å². The van der Waals surface area contributed by atoms with E-state index in [1.54, 1.807) is 17.9 Å². The molecule has 2 aromatic carbocycles. The standard InChI is InChI=1S/C20H20F3N3O3/c1-12(19(28)25-15-3-6-17(7-4-15)29-20(21,22)23)24-16-5-8-18-14(11-16)9-10-26(18)13(2)27/h3-8,11-12,24H,9-10H2,1-2H3,(H,25,28)/t12-/m1/s1. The van der Waals surface area contributed by atoms with Gasteiger partial charge in [-0.15, -0.1) is 13.2 Å². The van der Waals surface area contributed by atoms with Crippen molar-refractivity contribution in [2.75, 3.05) is 22.1 Å². The molecule has 2 N–H and O–H groups in total. The van der Waals surface area contributed by atoms with Crippen molar-refractivity contribution in [3.05, 3.63) is 48.0 Å². The minimum atomic E-state index is -4.76. The van der Waals surface area contributed by atoms with Crippen LogP contribution in [0.2, 0.25) is 0 Å². The fraction of sp³-hybridized carbons (Fsp3) is 0.300. The molecule has 154 valence electrons. The Hall–Kier alpha value is -3.23. The van der Waals surface area contributed by atoms with Crippen molar-refractivity contribution >= 4 is 28.9 Å². The van der Waals surface area contributed by atoms with Gasteiger partial charge in [0.1, 0.15) is 11.8 Å². The normalized spacial score (nSPS) is 14.2. The second kappa shape index (κ2) is 8.02. The van der Waals surface area contributed by atoms with E-state index >= 15 is 0 Å². The number of nitrogens with zero attached hydrogens (tertiary/aromatic N) is 1. The third-order valence-corrected chi connectivity index (χ3v) is 4.49. The molecule has 2 amide bonds. The number of hydrogen-bond donors (Lipinski definition) is 2. The van der Waals surface area contributed by atoms with Crippen LogP contribution in [0.3, 0.4) is 0 Å². The van der Waals surface area contributed by atoms with Gasteiger partial charge < -0.3 is 20.3 Å². The van der Waals surface area contributed by atoms with Crippen molar-refractivity contribution in [3.63, 3.8) is 0 Å². The SMILES string of the molecule is CC(=O)N1CCc2cc(N[C@H](C)C(=O)Nc3ccc(OC(F)(F)F)cc3)ccc21. The summed E-state index contributed by atoms with van der Waals surface area (Å²) in [6, 6.07) is 9.87. The maximum atomic E-state index is 12.4. The Morgan fingerprint density at radius 3 is 2.38 bits per heavy atom. The number of amides is 2. The van der Waals surface area contributed by atoms with Gasteiger partial charge in [0, 0.05) is 30.5 Å². The highest BCUT2D eigenvalue weighted by Crippen LogP contribution is 2.30. The van der Waals surface area contributed by atoms with Crippen LogP contribution in [0, 0.1) is 0 Å². The van der Waals surface area contributed by atoms with E-state index < -0.39 is 12.4 Å². The first-order valence-corrected chi connectivity index (χ1v) is 8.96. The quantitative estimate of drug-likeness (QED) is 0.788. The van der Waals surface area contributed by atoms with Gasteiger partial charge in [-0.3, -0.25) is 9.59 Å². The predicted molar refractivity (Wildman–Crippen MR) is 103 cm³/mol. The number of nitrogens with one attached hydrogen (secondary N) is 2. The Balaban J connectivity index is 1.59. The molecular formula is C20H20F3N3O3. The summed E-state index contributed by atoms with van der Waals surface area (Å²) >= 11 is 0. The van der Waals surface area contributed by atoms with Crippen molar-refractivity contribution < 1.29 is 27.5 Å². The predicted octanol–water partition coefficient (Wildman–Crippen LogP) is 3.93. The number of carbonyl (C=O) groups is 2. The molecule has 1 heterocycles. The number of fused-ring (bicyclic) bond motifs is 1. The number of ether oxygens (including phenoxy) is 1. The molecule has 0 fully saturated rings. The van der Waals surface area contributed by atoms with Gasteiger partial charge in [-0.1, -0.05) is 0 Å². The number of benzene rings is 2. The van der Waals surface area contributed by atoms with Crippen molar-refractivity contribution in [1.29, 1.82) is 0 Å². The highest BCUT2D eigenvalue weighted by Gasteiger charge is 2.31. The fourth-order valence-corrected chi connectivity index (χ4v) is 3.12. The summed E-state index contributed by atoms with van der Waals surface area (Å²) in [7, 11) is 0. The maximum absolute atomic E-state index is 12.4. The first kappa shape index (κ1) is 20.5. The fourth-order valence-electron chi connectivity index (χ4n) is 3.12. The van der Waals surface area contributed by atoms with E-state index in [1.165, 1.54) is 19.1 Å². The Morgan fingerprint density at radius 1 is 1.10 bits per heavy atom. The zero-order chi connectivity index (χ0) is 21.2. The van der Waals surface area contributed by atoms with Crippen LogP contribution in [0.5, 0.6) is 5.75 Å². The summed E-state index contributed by atoms with van der Waals surface area (Å²) in [4.78, 5) is 25.7. The molecule has 29 heavy (non-hydrogen) atoms. The van der Waals surface area contributed by atoms with Crippen molar-refractivity contribution in [2.24, 2.45) is 0 Å². The molecule has 0 aromatic heterocycles. The Kier molecular flexibility index (Phi) is 5.67. The van der Waals surface area contributed by atoms with Gasteiger partial charge in [-0.05, 0) is 61.4 Å². The number of rotatable bonds is 5. The van der Waals surface area contributed by atoms with Crippen LogP contribution in [0.4, 0.5) is 30.2 Å². The van der Waals surface area contributed by atoms with Gasteiger partial charge in [0.05, 0.1) is 0 Å².